The van der Waals surface area contributed by atoms with E-state index < -0.39 is 0 Å². The number of aryl methyl sites for hydroxylation is 1. The van der Waals surface area contributed by atoms with Gasteiger partial charge in [0.2, 0.25) is 0 Å². The monoisotopic (exact) mass is 277 g/mol. The molecule has 1 saturated heterocycles. The summed E-state index contributed by atoms with van der Waals surface area (Å²) in [5.41, 5.74) is 2.20. The van der Waals surface area contributed by atoms with E-state index in [9.17, 15) is 0 Å². The Labute approximate surface area is 119 Å². The van der Waals surface area contributed by atoms with E-state index in [4.69, 9.17) is 16.6 Å². The van der Waals surface area contributed by atoms with Crippen LogP contribution >= 0.6 is 11.6 Å². The minimum Gasteiger partial charge on any atom is -0.326 e. The maximum atomic E-state index is 6.09. The average Bonchev–Trinajstić information content (AvgIpc) is 2.95. The molecular weight excluding hydrogens is 258 g/mol. The van der Waals surface area contributed by atoms with Crippen LogP contribution in [0.1, 0.15) is 38.9 Å². The van der Waals surface area contributed by atoms with Gasteiger partial charge in [0.1, 0.15) is 5.82 Å². The Morgan fingerprint density at radius 3 is 3.00 bits per heavy atom. The molecule has 3 nitrogen and oxygen atoms in total. The van der Waals surface area contributed by atoms with Crippen molar-refractivity contribution in [3.05, 3.63) is 29.0 Å². The molecule has 1 aromatic heterocycles. The normalized spacial score (nSPS) is 23.3. The Hall–Kier alpha value is -1.06. The van der Waals surface area contributed by atoms with Crippen LogP contribution in [0.15, 0.2) is 18.2 Å². The van der Waals surface area contributed by atoms with Gasteiger partial charge in [-0.25, -0.2) is 4.98 Å². The third kappa shape index (κ3) is 2.15. The number of aromatic nitrogens is 2. The van der Waals surface area contributed by atoms with E-state index in [2.05, 4.69) is 29.8 Å². The summed E-state index contributed by atoms with van der Waals surface area (Å²) < 4.78 is 2.35. The standard InChI is InChI=1S/C15H20ClN3/c1-3-9-19-13-6-5-11(16)10-12(13)18-14(19)15(2)7-4-8-17-15/h5-6,10,17H,3-4,7-9H2,1-2H3. The molecule has 4 heteroatoms. The molecule has 1 aliphatic heterocycles. The predicted octanol–water partition coefficient (Wildman–Crippen LogP) is 3.70. The van der Waals surface area contributed by atoms with Gasteiger partial charge in [0, 0.05) is 11.6 Å². The van der Waals surface area contributed by atoms with Crippen molar-refractivity contribution in [3.63, 3.8) is 0 Å². The molecule has 0 aliphatic carbocycles. The molecule has 102 valence electrons. The summed E-state index contributed by atoms with van der Waals surface area (Å²) in [7, 11) is 0. The van der Waals surface area contributed by atoms with Gasteiger partial charge < -0.3 is 9.88 Å². The van der Waals surface area contributed by atoms with Gasteiger partial charge in [0.15, 0.2) is 0 Å². The van der Waals surface area contributed by atoms with Gasteiger partial charge in [0.05, 0.1) is 16.6 Å². The van der Waals surface area contributed by atoms with Gasteiger partial charge in [-0.05, 0) is 50.9 Å². The van der Waals surface area contributed by atoms with Gasteiger partial charge in [-0.1, -0.05) is 18.5 Å². The Kier molecular flexibility index (Phi) is 3.27. The molecule has 0 radical (unpaired) electrons. The molecule has 0 bridgehead atoms. The quantitative estimate of drug-likeness (QED) is 0.927. The summed E-state index contributed by atoms with van der Waals surface area (Å²) in [4.78, 5) is 4.86. The zero-order valence-electron chi connectivity index (χ0n) is 11.5. The Bertz CT molecular complexity index is 597. The average molecular weight is 278 g/mol. The van der Waals surface area contributed by atoms with Crippen LogP contribution < -0.4 is 5.32 Å². The summed E-state index contributed by atoms with van der Waals surface area (Å²) in [6.45, 7) is 6.54. The molecule has 2 heterocycles. The van der Waals surface area contributed by atoms with Crippen LogP contribution in [0.25, 0.3) is 11.0 Å². The molecule has 19 heavy (non-hydrogen) atoms. The van der Waals surface area contributed by atoms with Crippen molar-refractivity contribution in [2.45, 2.75) is 45.2 Å². The van der Waals surface area contributed by atoms with Crippen molar-refractivity contribution < 1.29 is 0 Å². The fourth-order valence-electron chi connectivity index (χ4n) is 3.06. The lowest BCUT2D eigenvalue weighted by molar-refractivity contribution is 0.388. The largest absolute Gasteiger partial charge is 0.326 e. The maximum Gasteiger partial charge on any atom is 0.129 e. The van der Waals surface area contributed by atoms with Crippen molar-refractivity contribution >= 4 is 22.6 Å². The lowest BCUT2D eigenvalue weighted by Gasteiger charge is -2.25. The lowest BCUT2D eigenvalue weighted by Crippen LogP contribution is -2.36. The molecule has 0 spiro atoms. The van der Waals surface area contributed by atoms with Crippen LogP contribution in [0.2, 0.25) is 5.02 Å². The third-order valence-corrected chi connectivity index (χ3v) is 4.25. The highest BCUT2D eigenvalue weighted by Crippen LogP contribution is 2.33. The van der Waals surface area contributed by atoms with Crippen molar-refractivity contribution in [3.8, 4) is 0 Å². The molecule has 2 aromatic rings. The fourth-order valence-corrected chi connectivity index (χ4v) is 3.23. The van der Waals surface area contributed by atoms with E-state index in [0.717, 1.165) is 42.3 Å². The van der Waals surface area contributed by atoms with E-state index in [1.54, 1.807) is 0 Å². The summed E-state index contributed by atoms with van der Waals surface area (Å²) in [5, 5.41) is 4.36. The van der Waals surface area contributed by atoms with Crippen LogP contribution in [0.5, 0.6) is 0 Å². The van der Waals surface area contributed by atoms with Gasteiger partial charge in [0.25, 0.3) is 0 Å². The minimum atomic E-state index is 0.000661. The number of hydrogen-bond acceptors (Lipinski definition) is 2. The zero-order valence-corrected chi connectivity index (χ0v) is 12.3. The first-order valence-corrected chi connectivity index (χ1v) is 7.43. The summed E-state index contributed by atoms with van der Waals surface area (Å²) in [6.07, 6.45) is 3.47. The van der Waals surface area contributed by atoms with E-state index in [1.165, 1.54) is 11.9 Å². The smallest absolute Gasteiger partial charge is 0.129 e. The first kappa shape index (κ1) is 12.9. The number of nitrogens with one attached hydrogen (secondary N) is 1. The topological polar surface area (TPSA) is 29.9 Å². The number of nitrogens with zero attached hydrogens (tertiary/aromatic N) is 2. The maximum absolute atomic E-state index is 6.09. The van der Waals surface area contributed by atoms with E-state index in [1.807, 2.05) is 12.1 Å². The number of imidazole rings is 1. The highest BCUT2D eigenvalue weighted by molar-refractivity contribution is 6.31. The minimum absolute atomic E-state index is 0.000661. The van der Waals surface area contributed by atoms with Crippen molar-refractivity contribution in [2.24, 2.45) is 0 Å². The van der Waals surface area contributed by atoms with Crippen LogP contribution in [-0.4, -0.2) is 16.1 Å². The second-order valence-electron chi connectivity index (χ2n) is 5.58. The van der Waals surface area contributed by atoms with Crippen LogP contribution in [0.4, 0.5) is 0 Å². The molecule has 0 amide bonds. The van der Waals surface area contributed by atoms with Crippen LogP contribution in [-0.2, 0) is 12.1 Å². The molecule has 1 fully saturated rings. The fraction of sp³-hybridized carbons (Fsp3) is 0.533. The predicted molar refractivity (Wildman–Crippen MR) is 79.6 cm³/mol. The summed E-state index contributed by atoms with van der Waals surface area (Å²) >= 11 is 6.09. The first-order valence-electron chi connectivity index (χ1n) is 7.05. The molecule has 1 aromatic carbocycles. The van der Waals surface area contributed by atoms with Crippen molar-refractivity contribution in [1.29, 1.82) is 0 Å². The number of fused-ring (bicyclic) bond motifs is 1. The van der Waals surface area contributed by atoms with Crippen LogP contribution in [0.3, 0.4) is 0 Å². The van der Waals surface area contributed by atoms with Gasteiger partial charge in [-0.15, -0.1) is 0 Å². The second kappa shape index (κ2) is 4.80. The van der Waals surface area contributed by atoms with Gasteiger partial charge in [-0.2, -0.15) is 0 Å². The number of halogens is 1. The molecule has 1 unspecified atom stereocenters. The van der Waals surface area contributed by atoms with E-state index in [0.29, 0.717) is 0 Å². The van der Waals surface area contributed by atoms with Gasteiger partial charge >= 0.3 is 0 Å². The molecular formula is C15H20ClN3. The Morgan fingerprint density at radius 1 is 1.47 bits per heavy atom. The molecule has 1 aliphatic rings. The summed E-state index contributed by atoms with van der Waals surface area (Å²) in [6, 6.07) is 6.00. The second-order valence-corrected chi connectivity index (χ2v) is 6.02. The van der Waals surface area contributed by atoms with Crippen molar-refractivity contribution in [1.82, 2.24) is 14.9 Å². The number of hydrogen-bond donors (Lipinski definition) is 1. The number of rotatable bonds is 3. The first-order chi connectivity index (χ1) is 9.14. The number of benzene rings is 1. The van der Waals surface area contributed by atoms with E-state index >= 15 is 0 Å². The van der Waals surface area contributed by atoms with E-state index in [-0.39, 0.29) is 5.54 Å². The Balaban J connectivity index is 2.19. The molecule has 0 saturated carbocycles. The molecule has 3 rings (SSSR count). The highest BCUT2D eigenvalue weighted by Gasteiger charge is 2.35. The Morgan fingerprint density at radius 2 is 2.32 bits per heavy atom. The van der Waals surface area contributed by atoms with Crippen LogP contribution in [0, 0.1) is 0 Å². The SMILES string of the molecule is CCCn1c(C2(C)CCCN2)nc2cc(Cl)ccc21. The van der Waals surface area contributed by atoms with Gasteiger partial charge in [-0.3, -0.25) is 0 Å². The van der Waals surface area contributed by atoms with Crippen molar-refractivity contribution in [2.75, 3.05) is 6.54 Å². The third-order valence-electron chi connectivity index (χ3n) is 4.02. The lowest BCUT2D eigenvalue weighted by atomic mass is 9.99. The molecule has 1 atom stereocenters. The highest BCUT2D eigenvalue weighted by atomic mass is 35.5. The summed E-state index contributed by atoms with van der Waals surface area (Å²) in [5.74, 6) is 1.16. The zero-order chi connectivity index (χ0) is 13.5. The molecule has 1 N–H and O–H groups in total.